The van der Waals surface area contributed by atoms with Crippen molar-refractivity contribution in [1.29, 1.82) is 0 Å². The summed E-state index contributed by atoms with van der Waals surface area (Å²) in [5.74, 6) is -0.189. The van der Waals surface area contributed by atoms with Crippen molar-refractivity contribution < 1.29 is 12.8 Å². The van der Waals surface area contributed by atoms with E-state index in [2.05, 4.69) is 14.9 Å². The third-order valence-corrected chi connectivity index (χ3v) is 4.47. The first kappa shape index (κ1) is 17.2. The minimum Gasteiger partial charge on any atom is -0.371 e. The minimum absolute atomic E-state index is 0.189. The monoisotopic (exact) mass is 329 g/mol. The average molecular weight is 329 g/mol. The third-order valence-electron chi connectivity index (χ3n) is 3.74. The number of nitrogens with zero attached hydrogens (tertiary/aromatic N) is 1. The Morgan fingerprint density at radius 3 is 2.64 bits per heavy atom. The zero-order valence-electron chi connectivity index (χ0n) is 12.9. The fourth-order valence-electron chi connectivity index (χ4n) is 2.66. The van der Waals surface area contributed by atoms with Crippen molar-refractivity contribution in [2.75, 3.05) is 37.3 Å². The second-order valence-electron chi connectivity index (χ2n) is 5.63. The van der Waals surface area contributed by atoms with Crippen LogP contribution in [0.5, 0.6) is 0 Å². The summed E-state index contributed by atoms with van der Waals surface area (Å²) < 4.78 is 38.4. The van der Waals surface area contributed by atoms with Crippen LogP contribution in [0.2, 0.25) is 0 Å². The largest absolute Gasteiger partial charge is 0.371 e. The Balaban J connectivity index is 1.84. The van der Waals surface area contributed by atoms with Crippen molar-refractivity contribution in [3.8, 4) is 0 Å². The number of sulfonamides is 1. The number of anilines is 1. The summed E-state index contributed by atoms with van der Waals surface area (Å²) in [6.07, 6.45) is 4.11. The fraction of sp³-hybridized carbons (Fsp3) is 0.600. The summed E-state index contributed by atoms with van der Waals surface area (Å²) in [6.45, 7) is 3.44. The van der Waals surface area contributed by atoms with Gasteiger partial charge in [0, 0.05) is 37.4 Å². The zero-order valence-corrected chi connectivity index (χ0v) is 13.8. The van der Waals surface area contributed by atoms with E-state index in [1.165, 1.54) is 6.07 Å². The number of benzene rings is 1. The van der Waals surface area contributed by atoms with E-state index in [1.54, 1.807) is 6.07 Å². The summed E-state index contributed by atoms with van der Waals surface area (Å²) >= 11 is 0. The maximum atomic E-state index is 14.1. The highest BCUT2D eigenvalue weighted by Gasteiger charge is 2.17. The van der Waals surface area contributed by atoms with Gasteiger partial charge in [-0.05, 0) is 37.9 Å². The van der Waals surface area contributed by atoms with E-state index in [-0.39, 0.29) is 5.82 Å². The van der Waals surface area contributed by atoms with Gasteiger partial charge in [-0.3, -0.25) is 0 Å². The first-order valence-electron chi connectivity index (χ1n) is 7.65. The Bertz CT molecular complexity index is 586. The molecule has 0 bridgehead atoms. The topological polar surface area (TPSA) is 61.4 Å². The van der Waals surface area contributed by atoms with Crippen LogP contribution < -0.4 is 14.9 Å². The van der Waals surface area contributed by atoms with Gasteiger partial charge in [-0.25, -0.2) is 17.5 Å². The highest BCUT2D eigenvalue weighted by molar-refractivity contribution is 7.88. The average Bonchev–Trinajstić information content (AvgIpc) is 2.96. The van der Waals surface area contributed by atoms with Crippen LogP contribution in [0.1, 0.15) is 24.8 Å². The molecule has 0 spiro atoms. The van der Waals surface area contributed by atoms with Gasteiger partial charge in [0.1, 0.15) is 5.82 Å². The molecule has 0 atom stereocenters. The van der Waals surface area contributed by atoms with E-state index >= 15 is 0 Å². The van der Waals surface area contributed by atoms with Crippen molar-refractivity contribution >= 4 is 15.7 Å². The predicted octanol–water partition coefficient (Wildman–Crippen LogP) is 1.45. The van der Waals surface area contributed by atoms with Crippen molar-refractivity contribution in [3.05, 3.63) is 29.6 Å². The molecule has 7 heteroatoms. The van der Waals surface area contributed by atoms with E-state index in [4.69, 9.17) is 0 Å². The quantitative estimate of drug-likeness (QED) is 0.709. The molecule has 0 radical (unpaired) electrons. The summed E-state index contributed by atoms with van der Waals surface area (Å²) in [4.78, 5) is 2.23. The molecule has 0 aliphatic carbocycles. The lowest BCUT2D eigenvalue weighted by molar-refractivity contribution is 0.569. The number of hydrogen-bond donors (Lipinski definition) is 2. The number of rotatable bonds is 8. The van der Waals surface area contributed by atoms with Crippen molar-refractivity contribution in [3.63, 3.8) is 0 Å². The summed E-state index contributed by atoms with van der Waals surface area (Å²) in [5.41, 5.74) is 1.67. The lowest BCUT2D eigenvalue weighted by Crippen LogP contribution is -2.27. The molecule has 0 aromatic heterocycles. The van der Waals surface area contributed by atoms with Gasteiger partial charge in [-0.1, -0.05) is 6.07 Å². The number of halogens is 1. The predicted molar refractivity (Wildman–Crippen MR) is 87.0 cm³/mol. The molecule has 22 heavy (non-hydrogen) atoms. The van der Waals surface area contributed by atoms with Crippen LogP contribution in [0, 0.1) is 5.82 Å². The smallest absolute Gasteiger partial charge is 0.208 e. The first-order valence-corrected chi connectivity index (χ1v) is 9.54. The molecule has 0 amide bonds. The highest BCUT2D eigenvalue weighted by Crippen LogP contribution is 2.26. The van der Waals surface area contributed by atoms with E-state index in [9.17, 15) is 12.8 Å². The Labute approximate surface area is 131 Å². The molecular formula is C15H24FN3O2S. The van der Waals surface area contributed by atoms with E-state index in [1.807, 2.05) is 6.07 Å². The summed E-state index contributed by atoms with van der Waals surface area (Å²) in [7, 11) is -3.13. The molecule has 1 heterocycles. The number of hydrogen-bond acceptors (Lipinski definition) is 4. The summed E-state index contributed by atoms with van der Waals surface area (Å²) in [5, 5.41) is 3.19. The molecule has 1 aromatic rings. The molecule has 0 saturated carbocycles. The van der Waals surface area contributed by atoms with Crippen molar-refractivity contribution in [1.82, 2.24) is 10.0 Å². The van der Waals surface area contributed by atoms with Crippen LogP contribution in [-0.4, -0.2) is 40.9 Å². The Morgan fingerprint density at radius 2 is 1.95 bits per heavy atom. The van der Waals surface area contributed by atoms with Gasteiger partial charge in [-0.15, -0.1) is 0 Å². The molecule has 124 valence electrons. The van der Waals surface area contributed by atoms with Crippen molar-refractivity contribution in [2.24, 2.45) is 0 Å². The molecule has 1 fully saturated rings. The van der Waals surface area contributed by atoms with Gasteiger partial charge in [0.05, 0.1) is 6.26 Å². The van der Waals surface area contributed by atoms with Gasteiger partial charge in [-0.2, -0.15) is 0 Å². The molecule has 1 aliphatic rings. The molecule has 2 N–H and O–H groups in total. The molecule has 5 nitrogen and oxygen atoms in total. The van der Waals surface area contributed by atoms with Gasteiger partial charge in [0.15, 0.2) is 0 Å². The molecule has 1 aliphatic heterocycles. The van der Waals surface area contributed by atoms with Gasteiger partial charge in [0.25, 0.3) is 0 Å². The van der Waals surface area contributed by atoms with Crippen LogP contribution in [0.25, 0.3) is 0 Å². The molecular weight excluding hydrogens is 305 g/mol. The highest BCUT2D eigenvalue weighted by atomic mass is 32.2. The molecule has 0 unspecified atom stereocenters. The third kappa shape index (κ3) is 5.23. The van der Waals surface area contributed by atoms with Crippen LogP contribution in [-0.2, 0) is 16.6 Å². The number of nitrogens with one attached hydrogen (secondary N) is 2. The lowest BCUT2D eigenvalue weighted by Gasteiger charge is -2.22. The summed E-state index contributed by atoms with van der Waals surface area (Å²) in [6, 6.07) is 5.21. The molecule has 1 saturated heterocycles. The molecule has 1 aromatic carbocycles. The van der Waals surface area contributed by atoms with Crippen LogP contribution in [0.3, 0.4) is 0 Å². The van der Waals surface area contributed by atoms with Gasteiger partial charge >= 0.3 is 0 Å². The van der Waals surface area contributed by atoms with E-state index < -0.39 is 10.0 Å². The maximum Gasteiger partial charge on any atom is 0.208 e. The maximum absolute atomic E-state index is 14.1. The molecule has 2 rings (SSSR count). The fourth-order valence-corrected chi connectivity index (χ4v) is 3.18. The van der Waals surface area contributed by atoms with Crippen LogP contribution in [0.15, 0.2) is 18.2 Å². The van der Waals surface area contributed by atoms with Gasteiger partial charge < -0.3 is 10.2 Å². The first-order chi connectivity index (χ1) is 10.5. The van der Waals surface area contributed by atoms with Crippen LogP contribution >= 0.6 is 0 Å². The normalized spacial score (nSPS) is 15.5. The second-order valence-corrected chi connectivity index (χ2v) is 7.46. The Kier molecular flexibility index (Phi) is 6.16. The van der Waals surface area contributed by atoms with E-state index in [0.29, 0.717) is 31.6 Å². The van der Waals surface area contributed by atoms with E-state index in [0.717, 1.165) is 37.9 Å². The zero-order chi connectivity index (χ0) is 16.0. The lowest BCUT2D eigenvalue weighted by atomic mass is 10.1. The Hall–Kier alpha value is -1.18. The van der Waals surface area contributed by atoms with Gasteiger partial charge in [0.2, 0.25) is 10.0 Å². The SMILES string of the molecule is CS(=O)(=O)NCCCNCc1c(F)cccc1N1CCCC1. The van der Waals surface area contributed by atoms with Crippen LogP contribution in [0.4, 0.5) is 10.1 Å². The minimum atomic E-state index is -3.13. The standard InChI is InChI=1S/C15H24FN3O2S/c1-22(20,21)18-9-5-8-17-12-13-14(16)6-4-7-15(13)19-10-2-3-11-19/h4,6-7,17-18H,2-3,5,8-12H2,1H3. The second kappa shape index (κ2) is 7.89. The Morgan fingerprint density at radius 1 is 1.23 bits per heavy atom. The van der Waals surface area contributed by atoms with Crippen molar-refractivity contribution in [2.45, 2.75) is 25.8 Å².